The molecular weight excluding hydrogens is 236 g/mol. The molecule has 0 unspecified atom stereocenters. The molecule has 1 heterocycles. The van der Waals surface area contributed by atoms with E-state index in [-0.39, 0.29) is 31.2 Å². The van der Waals surface area contributed by atoms with E-state index in [1.165, 1.54) is 7.11 Å². The fourth-order valence-electron chi connectivity index (χ4n) is 1.30. The molecule has 7 nitrogen and oxygen atoms in total. The Balaban J connectivity index is 2.56. The van der Waals surface area contributed by atoms with Crippen LogP contribution in [-0.2, 0) is 24.3 Å². The molecule has 1 aliphatic heterocycles. The van der Waals surface area contributed by atoms with Crippen LogP contribution >= 0.6 is 0 Å². The lowest BCUT2D eigenvalue weighted by atomic mass is 10.4. The molecule has 16 heavy (non-hydrogen) atoms. The molecule has 0 bridgehead atoms. The minimum atomic E-state index is -3.55. The maximum absolute atomic E-state index is 11.7. The molecule has 0 aliphatic carbocycles. The van der Waals surface area contributed by atoms with E-state index in [0.717, 1.165) is 4.31 Å². The zero-order chi connectivity index (χ0) is 12.2. The van der Waals surface area contributed by atoms with Gasteiger partial charge in [0.05, 0.1) is 25.8 Å². The van der Waals surface area contributed by atoms with E-state index in [1.54, 1.807) is 0 Å². The summed E-state index contributed by atoms with van der Waals surface area (Å²) in [5.74, 6) is -1.23. The molecular formula is C8H14N2O5S. The SMILES string of the molecule is COC(=O)CCS(=O)(=O)N1CCNC(=O)C1. The summed E-state index contributed by atoms with van der Waals surface area (Å²) < 4.78 is 28.8. The van der Waals surface area contributed by atoms with Crippen LogP contribution in [0.1, 0.15) is 6.42 Å². The molecule has 0 radical (unpaired) electrons. The van der Waals surface area contributed by atoms with Crippen molar-refractivity contribution in [1.82, 2.24) is 9.62 Å². The van der Waals surface area contributed by atoms with Crippen LogP contribution in [0.3, 0.4) is 0 Å². The van der Waals surface area contributed by atoms with Crippen LogP contribution in [-0.4, -0.2) is 57.1 Å². The van der Waals surface area contributed by atoms with Crippen molar-refractivity contribution in [2.45, 2.75) is 6.42 Å². The number of piperazine rings is 1. The van der Waals surface area contributed by atoms with Crippen LogP contribution in [0.4, 0.5) is 0 Å². The Morgan fingerprint density at radius 3 is 2.81 bits per heavy atom. The van der Waals surface area contributed by atoms with Gasteiger partial charge in [-0.15, -0.1) is 0 Å². The van der Waals surface area contributed by atoms with Crippen LogP contribution in [0.25, 0.3) is 0 Å². The summed E-state index contributed by atoms with van der Waals surface area (Å²) in [5, 5.41) is 2.52. The molecule has 0 aromatic carbocycles. The maximum atomic E-state index is 11.7. The topological polar surface area (TPSA) is 92.8 Å². The highest BCUT2D eigenvalue weighted by Crippen LogP contribution is 2.05. The number of carbonyl (C=O) groups is 2. The minimum Gasteiger partial charge on any atom is -0.469 e. The van der Waals surface area contributed by atoms with Crippen molar-refractivity contribution in [3.8, 4) is 0 Å². The number of esters is 1. The van der Waals surface area contributed by atoms with Crippen molar-refractivity contribution in [3.05, 3.63) is 0 Å². The quantitative estimate of drug-likeness (QED) is 0.601. The van der Waals surface area contributed by atoms with Gasteiger partial charge in [-0.25, -0.2) is 8.42 Å². The molecule has 8 heteroatoms. The summed E-state index contributed by atoms with van der Waals surface area (Å²) in [7, 11) is -2.35. The normalized spacial score (nSPS) is 17.9. The van der Waals surface area contributed by atoms with Gasteiger partial charge in [0.15, 0.2) is 0 Å². The summed E-state index contributed by atoms with van der Waals surface area (Å²) in [5.41, 5.74) is 0. The number of nitrogens with zero attached hydrogens (tertiary/aromatic N) is 1. The molecule has 0 saturated carbocycles. The van der Waals surface area contributed by atoms with Gasteiger partial charge in [-0.1, -0.05) is 0 Å². The molecule has 1 amide bonds. The number of methoxy groups -OCH3 is 1. The van der Waals surface area contributed by atoms with E-state index in [9.17, 15) is 18.0 Å². The summed E-state index contributed by atoms with van der Waals surface area (Å²) in [6, 6.07) is 0. The number of hydrogen-bond donors (Lipinski definition) is 1. The molecule has 1 rings (SSSR count). The Morgan fingerprint density at radius 1 is 1.56 bits per heavy atom. The molecule has 1 saturated heterocycles. The third kappa shape index (κ3) is 3.46. The third-order valence-electron chi connectivity index (χ3n) is 2.19. The van der Waals surface area contributed by atoms with E-state index in [1.807, 2.05) is 0 Å². The standard InChI is InChI=1S/C8H14N2O5S/c1-15-8(12)2-5-16(13,14)10-4-3-9-7(11)6-10/h2-6H2,1H3,(H,9,11). The van der Waals surface area contributed by atoms with Crippen molar-refractivity contribution in [2.24, 2.45) is 0 Å². The summed E-state index contributed by atoms with van der Waals surface area (Å²) >= 11 is 0. The first-order valence-electron chi connectivity index (χ1n) is 4.77. The highest BCUT2D eigenvalue weighted by molar-refractivity contribution is 7.89. The predicted octanol–water partition coefficient (Wildman–Crippen LogP) is -1.69. The van der Waals surface area contributed by atoms with Crippen LogP contribution in [0, 0.1) is 0 Å². The first-order chi connectivity index (χ1) is 7.45. The molecule has 0 atom stereocenters. The van der Waals surface area contributed by atoms with Crippen LogP contribution in [0.5, 0.6) is 0 Å². The lowest BCUT2D eigenvalue weighted by Crippen LogP contribution is -2.50. The number of nitrogens with one attached hydrogen (secondary N) is 1. The van der Waals surface area contributed by atoms with Gasteiger partial charge in [0, 0.05) is 13.1 Å². The monoisotopic (exact) mass is 250 g/mol. The molecule has 1 aliphatic rings. The largest absolute Gasteiger partial charge is 0.469 e. The molecule has 0 spiro atoms. The van der Waals surface area contributed by atoms with Gasteiger partial charge in [-0.2, -0.15) is 4.31 Å². The van der Waals surface area contributed by atoms with Crippen LogP contribution < -0.4 is 5.32 Å². The molecule has 1 N–H and O–H groups in total. The molecule has 0 aromatic heterocycles. The predicted molar refractivity (Wildman–Crippen MR) is 55.0 cm³/mol. The first-order valence-corrected chi connectivity index (χ1v) is 6.38. The number of sulfonamides is 1. The fourth-order valence-corrected chi connectivity index (χ4v) is 2.66. The van der Waals surface area contributed by atoms with Crippen molar-refractivity contribution in [3.63, 3.8) is 0 Å². The zero-order valence-corrected chi connectivity index (χ0v) is 9.75. The second-order valence-corrected chi connectivity index (χ2v) is 5.41. The highest BCUT2D eigenvalue weighted by Gasteiger charge is 2.27. The third-order valence-corrected chi connectivity index (χ3v) is 4.01. The number of amides is 1. The average molecular weight is 250 g/mol. The second-order valence-electron chi connectivity index (χ2n) is 3.33. The Labute approximate surface area is 93.8 Å². The second kappa shape index (κ2) is 5.26. The molecule has 1 fully saturated rings. The number of rotatable bonds is 4. The highest BCUT2D eigenvalue weighted by atomic mass is 32.2. The van der Waals surface area contributed by atoms with E-state index in [4.69, 9.17) is 0 Å². The lowest BCUT2D eigenvalue weighted by molar-refractivity contribution is -0.140. The van der Waals surface area contributed by atoms with E-state index >= 15 is 0 Å². The van der Waals surface area contributed by atoms with Crippen LogP contribution in [0.2, 0.25) is 0 Å². The Bertz CT molecular complexity index is 378. The molecule has 92 valence electrons. The maximum Gasteiger partial charge on any atom is 0.306 e. The van der Waals surface area contributed by atoms with Gasteiger partial charge >= 0.3 is 5.97 Å². The van der Waals surface area contributed by atoms with Gasteiger partial charge in [-0.3, -0.25) is 9.59 Å². The Hall–Kier alpha value is -1.15. The summed E-state index contributed by atoms with van der Waals surface area (Å²) in [4.78, 5) is 21.8. The lowest BCUT2D eigenvalue weighted by Gasteiger charge is -2.25. The van der Waals surface area contributed by atoms with Gasteiger partial charge in [0.25, 0.3) is 0 Å². The smallest absolute Gasteiger partial charge is 0.306 e. The summed E-state index contributed by atoms with van der Waals surface area (Å²) in [6.07, 6.45) is -0.197. The fraction of sp³-hybridized carbons (Fsp3) is 0.750. The first kappa shape index (κ1) is 12.9. The Kier molecular flexibility index (Phi) is 4.25. The number of carbonyl (C=O) groups excluding carboxylic acids is 2. The van der Waals surface area contributed by atoms with Crippen molar-refractivity contribution in [2.75, 3.05) is 32.5 Å². The zero-order valence-electron chi connectivity index (χ0n) is 8.93. The van der Waals surface area contributed by atoms with E-state index in [0.29, 0.717) is 6.54 Å². The number of ether oxygens (including phenoxy) is 1. The van der Waals surface area contributed by atoms with Crippen molar-refractivity contribution in [1.29, 1.82) is 0 Å². The van der Waals surface area contributed by atoms with Gasteiger partial charge < -0.3 is 10.1 Å². The number of hydrogen-bond acceptors (Lipinski definition) is 5. The van der Waals surface area contributed by atoms with E-state index in [2.05, 4.69) is 10.1 Å². The van der Waals surface area contributed by atoms with Crippen molar-refractivity contribution < 1.29 is 22.7 Å². The van der Waals surface area contributed by atoms with Crippen molar-refractivity contribution >= 4 is 21.9 Å². The van der Waals surface area contributed by atoms with Gasteiger partial charge in [-0.05, 0) is 0 Å². The average Bonchev–Trinajstić information content (AvgIpc) is 2.26. The van der Waals surface area contributed by atoms with Gasteiger partial charge in [0.2, 0.25) is 15.9 Å². The van der Waals surface area contributed by atoms with E-state index < -0.39 is 16.0 Å². The Morgan fingerprint density at radius 2 is 2.25 bits per heavy atom. The molecule has 0 aromatic rings. The summed E-state index contributed by atoms with van der Waals surface area (Å²) in [6.45, 7) is 0.370. The van der Waals surface area contributed by atoms with Crippen LogP contribution in [0.15, 0.2) is 0 Å². The minimum absolute atomic E-state index is 0.177. The van der Waals surface area contributed by atoms with Gasteiger partial charge in [0.1, 0.15) is 0 Å².